The topological polar surface area (TPSA) is 125 Å². The van der Waals surface area contributed by atoms with E-state index in [0.29, 0.717) is 17.7 Å². The van der Waals surface area contributed by atoms with Gasteiger partial charge in [0.2, 0.25) is 5.91 Å². The van der Waals surface area contributed by atoms with Crippen LogP contribution in [0.1, 0.15) is 32.7 Å². The van der Waals surface area contributed by atoms with Crippen molar-refractivity contribution in [3.05, 3.63) is 77.4 Å². The van der Waals surface area contributed by atoms with Crippen molar-refractivity contribution in [1.82, 2.24) is 10.9 Å². The third kappa shape index (κ3) is 4.25. The molecule has 3 amide bonds. The average molecular weight is 433 g/mol. The number of anilines is 1. The molecule has 0 saturated heterocycles. The Kier molecular flexibility index (Phi) is 5.77. The number of hydrogen-bond donors (Lipinski definition) is 4. The molecule has 164 valence electrons. The molecule has 1 fully saturated rings. The SMILES string of the molecule is Cc1ccc(C(=O)Nc2ccc(C(=O)NNC(=O)[C@H]3[C@@H](C(=O)O)[C@H]4C=C[C@H]3C4)cc2)cc1. The zero-order chi connectivity index (χ0) is 22.8. The summed E-state index contributed by atoms with van der Waals surface area (Å²) < 4.78 is 0. The minimum Gasteiger partial charge on any atom is -0.481 e. The van der Waals surface area contributed by atoms with Crippen LogP contribution in [0.5, 0.6) is 0 Å². The smallest absolute Gasteiger partial charge is 0.307 e. The number of hydrogen-bond acceptors (Lipinski definition) is 4. The van der Waals surface area contributed by atoms with Crippen LogP contribution in [-0.2, 0) is 9.59 Å². The molecule has 0 radical (unpaired) electrons. The van der Waals surface area contributed by atoms with E-state index < -0.39 is 29.6 Å². The number of benzene rings is 2. The highest BCUT2D eigenvalue weighted by molar-refractivity contribution is 6.04. The minimum atomic E-state index is -1.00. The number of carbonyl (C=O) groups is 4. The van der Waals surface area contributed by atoms with Crippen molar-refractivity contribution in [1.29, 1.82) is 0 Å². The van der Waals surface area contributed by atoms with Crippen molar-refractivity contribution in [2.45, 2.75) is 13.3 Å². The first kappa shape index (κ1) is 21.3. The van der Waals surface area contributed by atoms with Crippen molar-refractivity contribution < 1.29 is 24.3 Å². The molecule has 4 N–H and O–H groups in total. The van der Waals surface area contributed by atoms with Gasteiger partial charge in [0, 0.05) is 16.8 Å². The van der Waals surface area contributed by atoms with Gasteiger partial charge in [-0.15, -0.1) is 0 Å². The lowest BCUT2D eigenvalue weighted by atomic mass is 9.82. The molecule has 4 rings (SSSR count). The summed E-state index contributed by atoms with van der Waals surface area (Å²) in [5, 5.41) is 12.2. The lowest BCUT2D eigenvalue weighted by Gasteiger charge is -2.23. The van der Waals surface area contributed by atoms with E-state index in [-0.39, 0.29) is 23.3 Å². The summed E-state index contributed by atoms with van der Waals surface area (Å²) in [5.41, 5.74) is 7.08. The zero-order valence-electron chi connectivity index (χ0n) is 17.4. The first-order valence-corrected chi connectivity index (χ1v) is 10.3. The number of amides is 3. The van der Waals surface area contributed by atoms with Gasteiger partial charge in [-0.3, -0.25) is 30.0 Å². The molecule has 2 aromatic rings. The molecule has 0 unspecified atom stereocenters. The summed E-state index contributed by atoms with van der Waals surface area (Å²) in [7, 11) is 0. The van der Waals surface area contributed by atoms with Crippen LogP contribution < -0.4 is 16.2 Å². The van der Waals surface area contributed by atoms with E-state index in [1.54, 1.807) is 24.3 Å². The second kappa shape index (κ2) is 8.66. The predicted octanol–water partition coefficient (Wildman–Crippen LogP) is 2.53. The van der Waals surface area contributed by atoms with Crippen molar-refractivity contribution in [3.63, 3.8) is 0 Å². The summed E-state index contributed by atoms with van der Waals surface area (Å²) in [6.07, 6.45) is 4.36. The molecular weight excluding hydrogens is 410 g/mol. The van der Waals surface area contributed by atoms with Crippen LogP contribution in [0.3, 0.4) is 0 Å². The Morgan fingerprint density at radius 3 is 1.97 bits per heavy atom. The Morgan fingerprint density at radius 1 is 0.781 bits per heavy atom. The number of rotatable bonds is 5. The van der Waals surface area contributed by atoms with Crippen LogP contribution in [0.25, 0.3) is 0 Å². The molecule has 2 bridgehead atoms. The lowest BCUT2D eigenvalue weighted by molar-refractivity contribution is -0.148. The van der Waals surface area contributed by atoms with Crippen LogP contribution in [0.15, 0.2) is 60.7 Å². The van der Waals surface area contributed by atoms with E-state index in [4.69, 9.17) is 0 Å². The molecule has 8 nitrogen and oxygen atoms in total. The van der Waals surface area contributed by atoms with Crippen LogP contribution in [0.4, 0.5) is 5.69 Å². The number of allylic oxidation sites excluding steroid dienone is 2. The molecular formula is C24H23N3O5. The molecule has 2 aromatic carbocycles. The Balaban J connectivity index is 1.32. The van der Waals surface area contributed by atoms with Gasteiger partial charge in [0.15, 0.2) is 0 Å². The first-order valence-electron chi connectivity index (χ1n) is 10.3. The Hall–Kier alpha value is -3.94. The van der Waals surface area contributed by atoms with Crippen LogP contribution in [0.2, 0.25) is 0 Å². The van der Waals surface area contributed by atoms with Gasteiger partial charge in [0.05, 0.1) is 11.8 Å². The third-order valence-corrected chi connectivity index (χ3v) is 6.07. The van der Waals surface area contributed by atoms with E-state index in [2.05, 4.69) is 16.2 Å². The molecule has 0 aliphatic heterocycles. The number of fused-ring (bicyclic) bond motifs is 2. The first-order chi connectivity index (χ1) is 15.3. The Morgan fingerprint density at radius 2 is 1.34 bits per heavy atom. The maximum Gasteiger partial charge on any atom is 0.307 e. The molecule has 8 heteroatoms. The predicted molar refractivity (Wildman–Crippen MR) is 117 cm³/mol. The van der Waals surface area contributed by atoms with Gasteiger partial charge in [0.1, 0.15) is 0 Å². The van der Waals surface area contributed by atoms with E-state index in [0.717, 1.165) is 5.56 Å². The summed E-state index contributed by atoms with van der Waals surface area (Å²) in [4.78, 5) is 48.8. The van der Waals surface area contributed by atoms with Gasteiger partial charge < -0.3 is 10.4 Å². The lowest BCUT2D eigenvalue weighted by Crippen LogP contribution is -2.48. The highest BCUT2D eigenvalue weighted by Crippen LogP contribution is 2.48. The molecule has 1 saturated carbocycles. The fourth-order valence-electron chi connectivity index (χ4n) is 4.40. The maximum absolute atomic E-state index is 12.5. The van der Waals surface area contributed by atoms with E-state index in [1.165, 1.54) is 12.1 Å². The van der Waals surface area contributed by atoms with Gasteiger partial charge in [-0.1, -0.05) is 29.8 Å². The molecule has 0 aromatic heterocycles. The fourth-order valence-corrected chi connectivity index (χ4v) is 4.40. The number of nitrogens with one attached hydrogen (secondary N) is 3. The summed E-state index contributed by atoms with van der Waals surface area (Å²) in [6, 6.07) is 13.4. The van der Waals surface area contributed by atoms with Gasteiger partial charge >= 0.3 is 5.97 Å². The Bertz CT molecular complexity index is 1090. The van der Waals surface area contributed by atoms with Crippen LogP contribution >= 0.6 is 0 Å². The minimum absolute atomic E-state index is 0.130. The van der Waals surface area contributed by atoms with Crippen molar-refractivity contribution in [2.75, 3.05) is 5.32 Å². The van der Waals surface area contributed by atoms with Gasteiger partial charge in [0.25, 0.3) is 11.8 Å². The van der Waals surface area contributed by atoms with Crippen molar-refractivity contribution in [2.24, 2.45) is 23.7 Å². The average Bonchev–Trinajstić information content (AvgIpc) is 3.40. The quantitative estimate of drug-likeness (QED) is 0.426. The van der Waals surface area contributed by atoms with E-state index >= 15 is 0 Å². The van der Waals surface area contributed by atoms with E-state index in [1.807, 2.05) is 31.2 Å². The molecule has 2 aliphatic rings. The summed E-state index contributed by atoms with van der Waals surface area (Å²) >= 11 is 0. The number of hydrazine groups is 1. The standard InChI is InChI=1S/C24H23N3O5/c1-13-2-4-14(5-3-13)21(28)25-18-10-8-15(9-11-18)22(29)26-27-23(30)19-16-6-7-17(12-16)20(19)24(31)32/h2-11,16-17,19-20H,12H2,1H3,(H,25,28)(H,26,29)(H,27,30)(H,31,32)/t16-,17-,19+,20-/m0/s1. The number of carboxylic acid groups (broad SMARTS) is 1. The summed E-state index contributed by atoms with van der Waals surface area (Å²) in [6.45, 7) is 1.94. The monoisotopic (exact) mass is 433 g/mol. The molecule has 0 spiro atoms. The van der Waals surface area contributed by atoms with Crippen molar-refractivity contribution >= 4 is 29.4 Å². The normalized spacial score (nSPS) is 22.9. The van der Waals surface area contributed by atoms with Crippen LogP contribution in [-0.4, -0.2) is 28.8 Å². The second-order valence-corrected chi connectivity index (χ2v) is 8.18. The highest BCUT2D eigenvalue weighted by atomic mass is 16.4. The molecule has 4 atom stereocenters. The molecule has 2 aliphatic carbocycles. The zero-order valence-corrected chi connectivity index (χ0v) is 17.4. The largest absolute Gasteiger partial charge is 0.481 e. The Labute approximate surface area is 184 Å². The van der Waals surface area contributed by atoms with Crippen molar-refractivity contribution in [3.8, 4) is 0 Å². The number of carboxylic acids is 1. The number of aliphatic carboxylic acids is 1. The highest BCUT2D eigenvalue weighted by Gasteiger charge is 2.51. The molecule has 32 heavy (non-hydrogen) atoms. The fraction of sp³-hybridized carbons (Fsp3) is 0.250. The van der Waals surface area contributed by atoms with Gasteiger partial charge in [-0.2, -0.15) is 0 Å². The third-order valence-electron chi connectivity index (χ3n) is 6.07. The van der Waals surface area contributed by atoms with E-state index in [9.17, 15) is 24.3 Å². The van der Waals surface area contributed by atoms with Gasteiger partial charge in [-0.25, -0.2) is 0 Å². The van der Waals surface area contributed by atoms with Gasteiger partial charge in [-0.05, 0) is 61.6 Å². The van der Waals surface area contributed by atoms with Crippen LogP contribution in [0, 0.1) is 30.6 Å². The summed E-state index contributed by atoms with van der Waals surface area (Å²) in [5.74, 6) is -4.08. The number of aryl methyl sites for hydroxylation is 1. The number of carbonyl (C=O) groups excluding carboxylic acids is 3. The second-order valence-electron chi connectivity index (χ2n) is 8.18. The molecule has 0 heterocycles. The maximum atomic E-state index is 12.5.